The van der Waals surface area contributed by atoms with Gasteiger partial charge in [-0.1, -0.05) is 42.5 Å². The number of amides is 1. The molecule has 1 atom stereocenters. The Morgan fingerprint density at radius 1 is 1.09 bits per heavy atom. The number of nitrogens with one attached hydrogen (secondary N) is 1. The Morgan fingerprint density at radius 3 is 2.27 bits per heavy atom. The molecule has 2 rings (SSSR count). The summed E-state index contributed by atoms with van der Waals surface area (Å²) in [5.74, 6) is 0.418. The van der Waals surface area contributed by atoms with Crippen molar-refractivity contribution in [2.45, 2.75) is 12.5 Å². The van der Waals surface area contributed by atoms with Crippen LogP contribution in [0.2, 0.25) is 0 Å². The first kappa shape index (κ1) is 16.6. The number of thioether (sulfide) groups is 1. The Morgan fingerprint density at radius 2 is 1.68 bits per heavy atom. The molecule has 0 saturated heterocycles. The first-order chi connectivity index (χ1) is 10.5. The van der Waals surface area contributed by atoms with E-state index in [1.807, 2.05) is 48.7 Å². The highest BCUT2D eigenvalue weighted by atomic mass is 32.2. The second-order valence-electron chi connectivity index (χ2n) is 5.56. The lowest BCUT2D eigenvalue weighted by molar-refractivity contribution is 0.0725. The zero-order valence-corrected chi connectivity index (χ0v) is 13.7. The average Bonchev–Trinajstić information content (AvgIpc) is 2.54. The van der Waals surface area contributed by atoms with Crippen molar-refractivity contribution in [3.8, 4) is 11.1 Å². The molecular weight excluding hydrogens is 294 g/mol. The van der Waals surface area contributed by atoms with E-state index in [2.05, 4.69) is 5.32 Å². The molecule has 2 aromatic carbocycles. The minimum absolute atomic E-state index is 0.166. The lowest BCUT2D eigenvalue weighted by atomic mass is 10.0. The molecule has 1 amide bonds. The quantitative estimate of drug-likeness (QED) is 0.860. The van der Waals surface area contributed by atoms with Crippen LogP contribution in [0.15, 0.2) is 54.6 Å². The van der Waals surface area contributed by atoms with Gasteiger partial charge in [-0.2, -0.15) is 11.8 Å². The van der Waals surface area contributed by atoms with Crippen LogP contribution >= 0.6 is 11.8 Å². The fourth-order valence-corrected chi connectivity index (χ4v) is 2.90. The number of hydrogen-bond acceptors (Lipinski definition) is 3. The second kappa shape index (κ2) is 7.47. The van der Waals surface area contributed by atoms with Crippen molar-refractivity contribution < 1.29 is 9.90 Å². The van der Waals surface area contributed by atoms with Crippen LogP contribution < -0.4 is 5.32 Å². The molecule has 0 saturated carbocycles. The van der Waals surface area contributed by atoms with Crippen molar-refractivity contribution in [2.24, 2.45) is 0 Å². The van der Waals surface area contributed by atoms with Crippen LogP contribution in [0, 0.1) is 0 Å². The molecule has 0 unspecified atom stereocenters. The highest BCUT2D eigenvalue weighted by Crippen LogP contribution is 2.19. The van der Waals surface area contributed by atoms with Crippen LogP contribution in [-0.4, -0.2) is 35.2 Å². The van der Waals surface area contributed by atoms with Crippen molar-refractivity contribution in [3.05, 3.63) is 60.2 Å². The van der Waals surface area contributed by atoms with Gasteiger partial charge in [0.15, 0.2) is 0 Å². The second-order valence-corrected chi connectivity index (χ2v) is 6.42. The van der Waals surface area contributed by atoms with Gasteiger partial charge in [0, 0.05) is 17.9 Å². The van der Waals surface area contributed by atoms with Gasteiger partial charge < -0.3 is 10.4 Å². The Bertz CT molecular complexity index is 609. The smallest absolute Gasteiger partial charge is 0.251 e. The van der Waals surface area contributed by atoms with Gasteiger partial charge in [-0.3, -0.25) is 4.79 Å². The molecule has 0 heterocycles. The fraction of sp³-hybridized carbons (Fsp3) is 0.278. The first-order valence-electron chi connectivity index (χ1n) is 7.17. The summed E-state index contributed by atoms with van der Waals surface area (Å²) in [6.45, 7) is 1.97. The Balaban J connectivity index is 2.00. The van der Waals surface area contributed by atoms with Crippen molar-refractivity contribution in [1.82, 2.24) is 5.32 Å². The Kier molecular flexibility index (Phi) is 5.63. The summed E-state index contributed by atoms with van der Waals surface area (Å²) >= 11 is 1.55. The number of aliphatic hydroxyl groups is 1. The summed E-state index contributed by atoms with van der Waals surface area (Å²) < 4.78 is 0. The summed E-state index contributed by atoms with van der Waals surface area (Å²) in [6, 6.07) is 17.5. The van der Waals surface area contributed by atoms with Crippen LogP contribution in [-0.2, 0) is 0 Å². The molecule has 2 N–H and O–H groups in total. The van der Waals surface area contributed by atoms with Gasteiger partial charge in [0.1, 0.15) is 0 Å². The van der Waals surface area contributed by atoms with E-state index in [0.29, 0.717) is 11.3 Å². The lowest BCUT2D eigenvalue weighted by Crippen LogP contribution is -2.42. The van der Waals surface area contributed by atoms with Crippen LogP contribution in [0.3, 0.4) is 0 Å². The first-order valence-corrected chi connectivity index (χ1v) is 8.56. The zero-order valence-electron chi connectivity index (χ0n) is 12.9. The van der Waals surface area contributed by atoms with Crippen LogP contribution in [0.1, 0.15) is 17.3 Å². The van der Waals surface area contributed by atoms with E-state index < -0.39 is 5.60 Å². The van der Waals surface area contributed by atoms with Gasteiger partial charge in [0.25, 0.3) is 5.91 Å². The predicted molar refractivity (Wildman–Crippen MR) is 93.2 cm³/mol. The van der Waals surface area contributed by atoms with Crippen LogP contribution in [0.4, 0.5) is 0 Å². The highest BCUT2D eigenvalue weighted by Gasteiger charge is 2.20. The van der Waals surface area contributed by atoms with E-state index in [1.165, 1.54) is 0 Å². The largest absolute Gasteiger partial charge is 0.387 e. The van der Waals surface area contributed by atoms with Crippen LogP contribution in [0.5, 0.6) is 0 Å². The standard InChI is InChI=1S/C18H21NO2S/c1-18(21,13-22-2)12-19-17(20)16-10-8-15(9-11-16)14-6-4-3-5-7-14/h3-11,21H,12-13H2,1-2H3,(H,19,20)/t18-/m0/s1. The maximum Gasteiger partial charge on any atom is 0.251 e. The monoisotopic (exact) mass is 315 g/mol. The number of carbonyl (C=O) groups excluding carboxylic acids is 1. The summed E-state index contributed by atoms with van der Waals surface area (Å²) in [5.41, 5.74) is 1.91. The maximum absolute atomic E-state index is 12.1. The van der Waals surface area contributed by atoms with Gasteiger partial charge >= 0.3 is 0 Å². The zero-order chi connectivity index (χ0) is 16.0. The van der Waals surface area contributed by atoms with Crippen molar-refractivity contribution in [1.29, 1.82) is 0 Å². The van der Waals surface area contributed by atoms with Crippen molar-refractivity contribution in [2.75, 3.05) is 18.6 Å². The van der Waals surface area contributed by atoms with E-state index in [0.717, 1.165) is 11.1 Å². The molecule has 0 aliphatic rings. The van der Waals surface area contributed by atoms with E-state index >= 15 is 0 Å². The molecule has 22 heavy (non-hydrogen) atoms. The Hall–Kier alpha value is -1.78. The number of benzene rings is 2. The molecule has 0 fully saturated rings. The van der Waals surface area contributed by atoms with Crippen molar-refractivity contribution in [3.63, 3.8) is 0 Å². The predicted octanol–water partition coefficient (Wildman–Crippen LogP) is 3.20. The van der Waals surface area contributed by atoms with Crippen LogP contribution in [0.25, 0.3) is 11.1 Å². The Labute approximate surface area is 135 Å². The third-order valence-corrected chi connectivity index (χ3v) is 4.25. The van der Waals surface area contributed by atoms with Gasteiger partial charge in [-0.05, 0) is 36.4 Å². The number of hydrogen-bond donors (Lipinski definition) is 2. The molecule has 0 spiro atoms. The maximum atomic E-state index is 12.1. The third-order valence-electron chi connectivity index (χ3n) is 3.34. The fourth-order valence-electron chi connectivity index (χ4n) is 2.18. The molecule has 116 valence electrons. The van der Waals surface area contributed by atoms with Crippen molar-refractivity contribution >= 4 is 17.7 Å². The molecule has 0 aliphatic heterocycles. The molecule has 4 heteroatoms. The van der Waals surface area contributed by atoms with E-state index in [-0.39, 0.29) is 12.5 Å². The summed E-state index contributed by atoms with van der Waals surface area (Å²) in [7, 11) is 0. The van der Waals surface area contributed by atoms with E-state index in [1.54, 1.807) is 30.8 Å². The number of rotatable bonds is 6. The SMILES string of the molecule is CSC[C@@](C)(O)CNC(=O)c1ccc(-c2ccccc2)cc1. The lowest BCUT2D eigenvalue weighted by Gasteiger charge is -2.22. The molecular formula is C18H21NO2S. The minimum Gasteiger partial charge on any atom is -0.387 e. The van der Waals surface area contributed by atoms with Gasteiger partial charge in [0.05, 0.1) is 5.60 Å². The minimum atomic E-state index is -0.890. The molecule has 0 aromatic heterocycles. The molecule has 0 radical (unpaired) electrons. The van der Waals surface area contributed by atoms with Gasteiger partial charge in [-0.25, -0.2) is 0 Å². The van der Waals surface area contributed by atoms with E-state index in [9.17, 15) is 9.90 Å². The molecule has 0 bridgehead atoms. The summed E-state index contributed by atoms with van der Waals surface area (Å²) in [5, 5.41) is 12.8. The summed E-state index contributed by atoms with van der Waals surface area (Å²) in [4.78, 5) is 12.1. The molecule has 3 nitrogen and oxygen atoms in total. The third kappa shape index (κ3) is 4.61. The highest BCUT2D eigenvalue weighted by molar-refractivity contribution is 7.98. The summed E-state index contributed by atoms with van der Waals surface area (Å²) in [6.07, 6.45) is 1.93. The number of carbonyl (C=O) groups is 1. The average molecular weight is 315 g/mol. The van der Waals surface area contributed by atoms with Gasteiger partial charge in [-0.15, -0.1) is 0 Å². The topological polar surface area (TPSA) is 49.3 Å². The normalized spacial score (nSPS) is 13.4. The molecule has 0 aliphatic carbocycles. The molecule has 2 aromatic rings. The van der Waals surface area contributed by atoms with Gasteiger partial charge in [0.2, 0.25) is 0 Å². The van der Waals surface area contributed by atoms with E-state index in [4.69, 9.17) is 0 Å².